The number of tetrazole rings is 1. The van der Waals surface area contributed by atoms with Gasteiger partial charge in [0.05, 0.1) is 33.0 Å². The van der Waals surface area contributed by atoms with Crippen molar-refractivity contribution in [1.82, 2.24) is 57.5 Å². The number of hydrogen-bond donors (Lipinski definition) is 11. The summed E-state index contributed by atoms with van der Waals surface area (Å²) in [5, 5.41) is 51.8. The predicted octanol–water partition coefficient (Wildman–Crippen LogP) is -1.16. The molecule has 1 aromatic rings. The second-order valence-electron chi connectivity index (χ2n) is 15.3. The van der Waals surface area contributed by atoms with Crippen LogP contribution in [0.5, 0.6) is 0 Å². The molecule has 1 rings (SSSR count). The van der Waals surface area contributed by atoms with Gasteiger partial charge in [-0.1, -0.05) is 59.2 Å². The van der Waals surface area contributed by atoms with Gasteiger partial charge in [0.2, 0.25) is 29.5 Å². The van der Waals surface area contributed by atoms with E-state index < -0.39 is 64.5 Å². The van der Waals surface area contributed by atoms with Gasteiger partial charge in [-0.2, -0.15) is 5.21 Å². The van der Waals surface area contributed by atoms with Crippen LogP contribution in [-0.4, -0.2) is 167 Å². The van der Waals surface area contributed by atoms with Gasteiger partial charge in [-0.3, -0.25) is 34.2 Å². The summed E-state index contributed by atoms with van der Waals surface area (Å²) in [6, 6.07) is -3.55. The fourth-order valence-corrected chi connectivity index (χ4v) is 6.71. The number of H-pyrrole nitrogens is 1. The number of nitrogens with zero attached hydrogens (tertiary/aromatic N) is 3. The number of ether oxygens (including phenoxy) is 2. The predicted molar refractivity (Wildman–Crippen MR) is 231 cm³/mol. The van der Waals surface area contributed by atoms with Gasteiger partial charge in [-0.25, -0.2) is 15.0 Å². The molecule has 0 aliphatic carbocycles. The Kier molecular flexibility index (Phi) is 28.2. The number of aromatic amines is 1. The third-order valence-corrected chi connectivity index (χ3v) is 10.2. The van der Waals surface area contributed by atoms with E-state index in [1.165, 1.54) is 0 Å². The van der Waals surface area contributed by atoms with Crippen LogP contribution in [0, 0.1) is 0 Å². The summed E-state index contributed by atoms with van der Waals surface area (Å²) in [6.07, 6.45) is 1.63. The minimum absolute atomic E-state index is 0.00145. The molecule has 0 aliphatic heterocycles. The maximum absolute atomic E-state index is 12.5. The molecule has 0 spiro atoms. The summed E-state index contributed by atoms with van der Waals surface area (Å²) >= 11 is 4.13. The van der Waals surface area contributed by atoms with Crippen LogP contribution in [-0.2, 0) is 53.2 Å². The van der Waals surface area contributed by atoms with Gasteiger partial charge in [0, 0.05) is 50.1 Å². The van der Waals surface area contributed by atoms with Gasteiger partial charge in [-0.15, -0.1) is 10.2 Å². The van der Waals surface area contributed by atoms with Crippen molar-refractivity contribution in [2.75, 3.05) is 57.1 Å². The molecule has 2 radical (unpaired) electrons. The molecule has 63 heavy (non-hydrogen) atoms. The van der Waals surface area contributed by atoms with Gasteiger partial charge in [0.25, 0.3) is 0 Å². The van der Waals surface area contributed by atoms with Crippen molar-refractivity contribution in [3.8, 4) is 0 Å². The highest BCUT2D eigenvalue weighted by atomic mass is 79.9. The Balaban J connectivity index is 2.21. The third-order valence-electron chi connectivity index (χ3n) is 8.79. The minimum atomic E-state index is -1.28. The number of aromatic nitrogens is 4. The van der Waals surface area contributed by atoms with E-state index in [0.717, 1.165) is 11.9 Å². The fraction of sp³-hybridized carbons (Fsp3) is 0.750. The zero-order chi connectivity index (χ0) is 47.3. The number of halogens is 1. The number of carboxylic acid groups (broad SMARTS) is 3. The van der Waals surface area contributed by atoms with E-state index in [4.69, 9.17) is 17.3 Å². The van der Waals surface area contributed by atoms with Crippen molar-refractivity contribution < 1.29 is 63.1 Å². The summed E-state index contributed by atoms with van der Waals surface area (Å²) in [4.78, 5) is 95.3. The van der Waals surface area contributed by atoms with Crippen molar-refractivity contribution in [2.24, 2.45) is 0 Å². The molecule has 0 bridgehead atoms. The number of hydrazine groups is 1. The lowest BCUT2D eigenvalue weighted by molar-refractivity contribution is -0.143. The molecule has 24 nitrogen and oxygen atoms in total. The average Bonchev–Trinajstić information content (AvgIpc) is 3.76. The summed E-state index contributed by atoms with van der Waals surface area (Å²) in [5.74, 6) is -4.90. The second kappa shape index (κ2) is 31.4. The largest absolute Gasteiger partial charge is 0.480 e. The molecular weight excluding hydrogens is 917 g/mol. The second-order valence-corrected chi connectivity index (χ2v) is 16.8. The van der Waals surface area contributed by atoms with E-state index in [9.17, 15) is 53.7 Å². The minimum Gasteiger partial charge on any atom is -0.480 e. The maximum atomic E-state index is 12.5. The number of alkyl halides is 1. The van der Waals surface area contributed by atoms with Gasteiger partial charge in [0.15, 0.2) is 5.82 Å². The number of rotatable bonds is 37. The molecular formula is C36H61BBrN11O13S. The van der Waals surface area contributed by atoms with E-state index in [2.05, 4.69) is 73.4 Å². The first-order chi connectivity index (χ1) is 29.8. The number of aliphatic carboxylic acids is 3. The van der Waals surface area contributed by atoms with Crippen molar-refractivity contribution in [2.45, 2.75) is 114 Å². The number of hydrogen-bond acceptors (Lipinski definition) is 16. The number of carbonyl (C=O) groups is 8. The first-order valence-corrected chi connectivity index (χ1v) is 22.3. The molecule has 0 saturated heterocycles. The van der Waals surface area contributed by atoms with Crippen molar-refractivity contribution in [3.63, 3.8) is 0 Å². The molecule has 0 aliphatic rings. The van der Waals surface area contributed by atoms with Crippen LogP contribution < -0.4 is 36.8 Å². The number of nitrogens with one attached hydrogen (secondary N) is 8. The summed E-state index contributed by atoms with van der Waals surface area (Å²) in [7, 11) is 6.38. The summed E-state index contributed by atoms with van der Waals surface area (Å²) in [5.41, 5.74) is 4.66. The Labute approximate surface area is 379 Å². The lowest BCUT2D eigenvalue weighted by Crippen LogP contribution is -2.48. The van der Waals surface area contributed by atoms with Crippen LogP contribution in [0.15, 0.2) is 0 Å². The molecule has 5 amide bonds. The average molecular weight is 979 g/mol. The van der Waals surface area contributed by atoms with Gasteiger partial charge in [-0.05, 0) is 44.9 Å². The van der Waals surface area contributed by atoms with Crippen LogP contribution in [0.3, 0.4) is 0 Å². The zero-order valence-electron chi connectivity index (χ0n) is 35.8. The van der Waals surface area contributed by atoms with Crippen LogP contribution in [0.4, 0.5) is 0 Å². The highest BCUT2D eigenvalue weighted by Crippen LogP contribution is 2.40. The summed E-state index contributed by atoms with van der Waals surface area (Å²) < 4.78 is 13.2. The van der Waals surface area contributed by atoms with Crippen LogP contribution in [0.1, 0.15) is 90.8 Å². The number of amides is 5. The summed E-state index contributed by atoms with van der Waals surface area (Å²) in [6.45, 7) is 5.83. The van der Waals surface area contributed by atoms with Crippen LogP contribution in [0.25, 0.3) is 0 Å². The lowest BCUT2D eigenvalue weighted by Gasteiger charge is -2.32. The van der Waals surface area contributed by atoms with E-state index in [1.807, 2.05) is 13.8 Å². The Morgan fingerprint density at radius 3 is 2.05 bits per heavy atom. The smallest absolute Gasteiger partial charge is 0.326 e. The highest BCUT2D eigenvalue weighted by molar-refractivity contribution is 9.09. The molecule has 1 aromatic heterocycles. The molecule has 1 heterocycles. The van der Waals surface area contributed by atoms with E-state index in [1.54, 1.807) is 6.92 Å². The normalized spacial score (nSPS) is 13.7. The quantitative estimate of drug-likeness (QED) is 0.0123. The standard InChI is InChI=1S/C36H61BBrN11O13S/c1-35(2,34-45-48-49-46-34)22-36(3,37)19-28(52)47-63-18-6-8-27(51)42-24(32(57)58)11-13-41-44-25(33(59)60)9-10-26(50)40-14-15-61-16-17-62-21-30(54)43-23(31(55)56)7-4-5-12-39-29(53)20-38/h23-25,41,44H,4-22H2,1-3H3,(H,39,53)(H,40,50)(H,42,51)(H,43,54)(H,47,52)(H,55,56)(H,57,58)(H,59,60)(H,45,46,48,49). The first kappa shape index (κ1) is 56.6. The number of carboxylic acids is 3. The topological polar surface area (TPSA) is 354 Å². The van der Waals surface area contributed by atoms with Gasteiger partial charge in [0.1, 0.15) is 24.7 Å². The number of unbranched alkanes of at least 4 members (excludes halogenated alkanes) is 1. The van der Waals surface area contributed by atoms with Crippen molar-refractivity contribution in [1.29, 1.82) is 0 Å². The SMILES string of the molecule is [B]C(C)(CC(=O)NSCCCC(=O)NC(CCNNC(CCC(=O)NCCOCCOCC(=O)NC(CCCCNC(=O)CBr)C(=O)O)C(=O)O)C(=O)O)CC(C)(C)c1nn[nH]n1. The number of carbonyl (C=O) groups excluding carboxylic acids is 5. The van der Waals surface area contributed by atoms with E-state index in [-0.39, 0.29) is 95.2 Å². The Morgan fingerprint density at radius 2 is 1.40 bits per heavy atom. The molecule has 0 fully saturated rings. The molecule has 11 N–H and O–H groups in total. The van der Waals surface area contributed by atoms with Gasteiger partial charge >= 0.3 is 17.9 Å². The molecule has 0 aromatic carbocycles. The Bertz CT molecular complexity index is 1600. The zero-order valence-corrected chi connectivity index (χ0v) is 38.2. The third kappa shape index (κ3) is 27.4. The molecule has 4 unspecified atom stereocenters. The monoisotopic (exact) mass is 977 g/mol. The highest BCUT2D eigenvalue weighted by Gasteiger charge is 2.34. The van der Waals surface area contributed by atoms with Gasteiger partial charge < -0.3 is 50.8 Å². The lowest BCUT2D eigenvalue weighted by atomic mass is 9.60. The molecule has 0 saturated carbocycles. The first-order valence-electron chi connectivity index (χ1n) is 20.2. The molecule has 27 heteroatoms. The van der Waals surface area contributed by atoms with Crippen molar-refractivity contribution >= 4 is 83.2 Å². The van der Waals surface area contributed by atoms with Crippen LogP contribution >= 0.6 is 27.9 Å². The van der Waals surface area contributed by atoms with E-state index in [0.29, 0.717) is 43.8 Å². The fourth-order valence-electron chi connectivity index (χ4n) is 5.89. The van der Waals surface area contributed by atoms with Crippen LogP contribution in [0.2, 0.25) is 5.31 Å². The Hall–Kier alpha value is -4.44. The molecule has 354 valence electrons. The molecule has 4 atom stereocenters. The Morgan fingerprint density at radius 1 is 0.746 bits per heavy atom. The van der Waals surface area contributed by atoms with E-state index >= 15 is 0 Å². The maximum Gasteiger partial charge on any atom is 0.326 e. The van der Waals surface area contributed by atoms with Crippen molar-refractivity contribution in [3.05, 3.63) is 5.82 Å².